The highest BCUT2D eigenvalue weighted by molar-refractivity contribution is 6.22. The molecule has 0 atom stereocenters. The van der Waals surface area contributed by atoms with Gasteiger partial charge in [0.2, 0.25) is 0 Å². The van der Waals surface area contributed by atoms with E-state index in [9.17, 15) is 14.4 Å². The molecule has 2 aromatic carbocycles. The summed E-state index contributed by atoms with van der Waals surface area (Å²) in [5.74, 6) is -0.113. The number of hydrogen-bond donors (Lipinski definition) is 0. The van der Waals surface area contributed by atoms with E-state index >= 15 is 0 Å². The molecule has 0 saturated carbocycles. The van der Waals surface area contributed by atoms with Crippen molar-refractivity contribution >= 4 is 28.6 Å². The van der Waals surface area contributed by atoms with Crippen molar-refractivity contribution in [2.75, 3.05) is 7.05 Å². The first kappa shape index (κ1) is 20.6. The van der Waals surface area contributed by atoms with Gasteiger partial charge in [-0.1, -0.05) is 18.2 Å². The van der Waals surface area contributed by atoms with Crippen molar-refractivity contribution in [2.24, 2.45) is 0 Å². The van der Waals surface area contributed by atoms with Crippen LogP contribution in [0, 0.1) is 6.92 Å². The molecule has 1 aliphatic rings. The standard InChI is InChI=1S/C25H20N4O4/c1-15-18-7-3-4-8-21(18)27-22(26-15)14-28(2)23(30)16-9-10-19-20(12-16)25(32)29(24(19)31)13-17-6-5-11-33-17/h3-12H,13-14H2,1-2H3. The molecule has 3 amide bonds. The average molecular weight is 440 g/mol. The van der Waals surface area contributed by atoms with Crippen molar-refractivity contribution < 1.29 is 18.8 Å². The number of amides is 3. The van der Waals surface area contributed by atoms with E-state index in [1.165, 1.54) is 23.3 Å². The smallest absolute Gasteiger partial charge is 0.261 e. The van der Waals surface area contributed by atoms with E-state index in [2.05, 4.69) is 9.97 Å². The molecule has 33 heavy (non-hydrogen) atoms. The molecule has 0 bridgehead atoms. The molecule has 8 nitrogen and oxygen atoms in total. The van der Waals surface area contributed by atoms with Gasteiger partial charge in [0.15, 0.2) is 0 Å². The Hall–Kier alpha value is -4.33. The number of imide groups is 1. The van der Waals surface area contributed by atoms with Crippen LogP contribution >= 0.6 is 0 Å². The number of hydrogen-bond acceptors (Lipinski definition) is 6. The van der Waals surface area contributed by atoms with Gasteiger partial charge in [-0.15, -0.1) is 0 Å². The quantitative estimate of drug-likeness (QED) is 0.440. The topological polar surface area (TPSA) is 96.6 Å². The van der Waals surface area contributed by atoms with E-state index < -0.39 is 11.8 Å². The number of aryl methyl sites for hydroxylation is 1. The number of carbonyl (C=O) groups excluding carboxylic acids is 3. The SMILES string of the molecule is Cc1nc(CN(C)C(=O)c2ccc3c(c2)C(=O)N(Cc2ccco2)C3=O)nc2ccccc12. The van der Waals surface area contributed by atoms with Crippen LogP contribution in [0.25, 0.3) is 10.9 Å². The maximum atomic E-state index is 13.1. The summed E-state index contributed by atoms with van der Waals surface area (Å²) in [5, 5.41) is 0.969. The van der Waals surface area contributed by atoms with Crippen molar-refractivity contribution in [1.82, 2.24) is 19.8 Å². The average Bonchev–Trinajstić information content (AvgIpc) is 3.41. The number of furan rings is 1. The molecule has 1 aliphatic heterocycles. The first-order valence-corrected chi connectivity index (χ1v) is 10.4. The van der Waals surface area contributed by atoms with Crippen molar-refractivity contribution in [3.05, 3.63) is 94.8 Å². The predicted octanol–water partition coefficient (Wildman–Crippen LogP) is 3.60. The van der Waals surface area contributed by atoms with Crippen LogP contribution in [0.1, 0.15) is 48.4 Å². The summed E-state index contributed by atoms with van der Waals surface area (Å²) in [5.41, 5.74) is 2.46. The minimum Gasteiger partial charge on any atom is -0.467 e. The van der Waals surface area contributed by atoms with Crippen LogP contribution in [0.2, 0.25) is 0 Å². The number of para-hydroxylation sites is 1. The van der Waals surface area contributed by atoms with E-state index in [0.29, 0.717) is 17.1 Å². The zero-order chi connectivity index (χ0) is 23.1. The third-order valence-corrected chi connectivity index (χ3v) is 5.68. The fourth-order valence-corrected chi connectivity index (χ4v) is 4.00. The second-order valence-electron chi connectivity index (χ2n) is 7.94. The fourth-order valence-electron chi connectivity index (χ4n) is 4.00. The Kier molecular flexibility index (Phi) is 4.97. The number of benzene rings is 2. The van der Waals surface area contributed by atoms with E-state index in [0.717, 1.165) is 21.5 Å². The van der Waals surface area contributed by atoms with Crippen LogP contribution in [0.15, 0.2) is 65.3 Å². The number of aromatic nitrogens is 2. The van der Waals surface area contributed by atoms with Crippen LogP contribution in [-0.2, 0) is 13.1 Å². The Morgan fingerprint density at radius 1 is 1.00 bits per heavy atom. The molecule has 0 fully saturated rings. The summed E-state index contributed by atoms with van der Waals surface area (Å²) in [4.78, 5) is 50.3. The normalized spacial score (nSPS) is 13.0. The zero-order valence-electron chi connectivity index (χ0n) is 18.1. The van der Waals surface area contributed by atoms with Gasteiger partial charge in [-0.05, 0) is 43.3 Å². The molecular formula is C25H20N4O4. The van der Waals surface area contributed by atoms with E-state index in [4.69, 9.17) is 4.42 Å². The van der Waals surface area contributed by atoms with E-state index in [1.807, 2.05) is 31.2 Å². The van der Waals surface area contributed by atoms with Crippen molar-refractivity contribution in [3.63, 3.8) is 0 Å². The summed E-state index contributed by atoms with van der Waals surface area (Å²) < 4.78 is 5.26. The molecule has 0 aliphatic carbocycles. The lowest BCUT2D eigenvalue weighted by atomic mass is 10.0. The van der Waals surface area contributed by atoms with E-state index in [-0.39, 0.29) is 30.1 Å². The Morgan fingerprint density at radius 2 is 1.79 bits per heavy atom. The Balaban J connectivity index is 1.37. The molecule has 0 unspecified atom stereocenters. The van der Waals surface area contributed by atoms with Gasteiger partial charge in [0.05, 0.1) is 36.0 Å². The third-order valence-electron chi connectivity index (χ3n) is 5.68. The molecule has 4 aromatic rings. The number of fused-ring (bicyclic) bond motifs is 2. The lowest BCUT2D eigenvalue weighted by molar-refractivity contribution is 0.0631. The largest absolute Gasteiger partial charge is 0.467 e. The molecule has 164 valence electrons. The number of carbonyl (C=O) groups is 3. The van der Waals surface area contributed by atoms with Crippen molar-refractivity contribution in [2.45, 2.75) is 20.0 Å². The minimum atomic E-state index is -0.447. The highest BCUT2D eigenvalue weighted by Gasteiger charge is 2.36. The van der Waals surface area contributed by atoms with Gasteiger partial charge in [0.25, 0.3) is 17.7 Å². The number of rotatable bonds is 5. The Bertz CT molecular complexity index is 1410. The second kappa shape index (κ2) is 7.98. The van der Waals surface area contributed by atoms with Crippen LogP contribution in [0.4, 0.5) is 0 Å². The summed E-state index contributed by atoms with van der Waals surface area (Å²) >= 11 is 0. The lowest BCUT2D eigenvalue weighted by Gasteiger charge is -2.17. The van der Waals surface area contributed by atoms with Gasteiger partial charge in [-0.25, -0.2) is 9.97 Å². The van der Waals surface area contributed by atoms with Gasteiger partial charge in [0.1, 0.15) is 11.6 Å². The van der Waals surface area contributed by atoms with Crippen molar-refractivity contribution in [1.29, 1.82) is 0 Å². The number of nitrogens with zero attached hydrogens (tertiary/aromatic N) is 4. The predicted molar refractivity (Wildman–Crippen MR) is 119 cm³/mol. The first-order chi connectivity index (χ1) is 15.9. The highest BCUT2D eigenvalue weighted by atomic mass is 16.3. The summed E-state index contributed by atoms with van der Waals surface area (Å²) in [6, 6.07) is 15.7. The van der Waals surface area contributed by atoms with Crippen molar-refractivity contribution in [3.8, 4) is 0 Å². The Labute approximate surface area is 189 Å². The Morgan fingerprint density at radius 3 is 2.58 bits per heavy atom. The lowest BCUT2D eigenvalue weighted by Crippen LogP contribution is -2.29. The van der Waals surface area contributed by atoms with Gasteiger partial charge in [0, 0.05) is 23.7 Å². The zero-order valence-corrected chi connectivity index (χ0v) is 18.1. The molecule has 8 heteroatoms. The maximum absolute atomic E-state index is 13.1. The van der Waals surface area contributed by atoms with Gasteiger partial charge in [-0.2, -0.15) is 0 Å². The molecule has 0 N–H and O–H groups in total. The maximum Gasteiger partial charge on any atom is 0.261 e. The monoisotopic (exact) mass is 440 g/mol. The van der Waals surface area contributed by atoms with Crippen LogP contribution < -0.4 is 0 Å². The molecule has 0 spiro atoms. The molecule has 2 aromatic heterocycles. The molecule has 0 radical (unpaired) electrons. The molecule has 3 heterocycles. The van der Waals surface area contributed by atoms with Gasteiger partial charge < -0.3 is 9.32 Å². The van der Waals surface area contributed by atoms with Crippen LogP contribution in [-0.4, -0.2) is 44.5 Å². The van der Waals surface area contributed by atoms with Crippen LogP contribution in [0.3, 0.4) is 0 Å². The van der Waals surface area contributed by atoms with Gasteiger partial charge >= 0.3 is 0 Å². The van der Waals surface area contributed by atoms with Crippen LogP contribution in [0.5, 0.6) is 0 Å². The summed E-state index contributed by atoms with van der Waals surface area (Å²) in [6.07, 6.45) is 1.49. The van der Waals surface area contributed by atoms with E-state index in [1.54, 1.807) is 25.2 Å². The summed E-state index contributed by atoms with van der Waals surface area (Å²) in [6.45, 7) is 2.16. The summed E-state index contributed by atoms with van der Waals surface area (Å²) in [7, 11) is 1.65. The van der Waals surface area contributed by atoms with Gasteiger partial charge in [-0.3, -0.25) is 19.3 Å². The molecule has 0 saturated heterocycles. The fraction of sp³-hybridized carbons (Fsp3) is 0.160. The molecule has 5 rings (SSSR count). The third kappa shape index (κ3) is 3.65. The second-order valence-corrected chi connectivity index (χ2v) is 7.94. The first-order valence-electron chi connectivity index (χ1n) is 10.4. The molecular weight excluding hydrogens is 420 g/mol. The minimum absolute atomic E-state index is 0.0428. The highest BCUT2D eigenvalue weighted by Crippen LogP contribution is 2.26.